The van der Waals surface area contributed by atoms with E-state index in [0.29, 0.717) is 16.9 Å². The molecule has 0 bridgehead atoms. The standard InChI is InChI=1S/C44H30O2.C30H20O.C14H11ClO.2CH4.H2/c45-43(32-14-3-1-4-15-32)44(33-16-5-2-6-17-33)46-36-27-25-31(26-28-36)41-37-19-9-11-21-39(37)42(40-22-12-10-20-38(40)41)35-24-23-30-13-7-8-18-34(30)29-35;31-24-17-15-21(16-18-24)29-25-9-3-5-11-27(25)30(28-12-6-4-10-26(28)29)23-14-13-20-7-1-2-8-22(20)19-23;15-13(11-7-3-1-4-8-11)14(16)12-9-5-2-6-10-12;;;/h1-29,44H;1-19,31H;1-10,13H;2*1H4;1H/i;;;;;1+1. The molecule has 0 fully saturated rings. The molecule has 16 rings (SSSR count). The van der Waals surface area contributed by atoms with Gasteiger partial charge in [-0.25, -0.2) is 0 Å². The van der Waals surface area contributed by atoms with Crippen LogP contribution in [0, 0.1) is 0 Å². The lowest BCUT2D eigenvalue weighted by atomic mass is 9.85. The van der Waals surface area contributed by atoms with Gasteiger partial charge in [-0.2, -0.15) is 0 Å². The molecule has 0 saturated carbocycles. The number of fused-ring (bicyclic) bond motifs is 6. The smallest absolute Gasteiger partial charge is 0.207 e. The number of benzene rings is 16. The Balaban J connectivity index is 0.000000161. The summed E-state index contributed by atoms with van der Waals surface area (Å²) in [5, 5.41) is 23.9. The molecule has 5 heteroatoms. The summed E-state index contributed by atoms with van der Waals surface area (Å²) in [5.41, 5.74) is 12.4. The average Bonchev–Trinajstić information content (AvgIpc) is 0.742. The number of ether oxygens (including phenoxy) is 1. The van der Waals surface area contributed by atoms with Crippen molar-refractivity contribution in [3.05, 3.63) is 374 Å². The van der Waals surface area contributed by atoms with Crippen LogP contribution < -0.4 is 4.74 Å². The van der Waals surface area contributed by atoms with Crippen molar-refractivity contribution in [3.8, 4) is 56.0 Å². The van der Waals surface area contributed by atoms with Gasteiger partial charge in [-0.05, 0) is 151 Å². The SMILES string of the molecule is C.C.O=C(c1ccccc1)C(Cl)c1ccccc1.O=C(c1ccccc1)C(Oc1ccc(-c2c3ccccc3c(-c3ccc4ccccc4c3)c3ccccc23)cc1)c1ccccc1.Oc1ccc(-c2c3ccccc3c(-c3ccc4ccccc4c3)c3ccccc23)cc1.[2HH]. The quantitative estimate of drug-likeness (QED) is 0.0752. The molecule has 4 nitrogen and oxygen atoms in total. The number of rotatable bonds is 12. The molecule has 16 aromatic rings. The van der Waals surface area contributed by atoms with Crippen LogP contribution in [0.2, 0.25) is 0 Å². The van der Waals surface area contributed by atoms with Crippen LogP contribution in [0.25, 0.3) is 109 Å². The van der Waals surface area contributed by atoms with Gasteiger partial charge in [0, 0.05) is 18.1 Å². The van der Waals surface area contributed by atoms with Crippen molar-refractivity contribution < 1.29 is 20.9 Å². The lowest BCUT2D eigenvalue weighted by molar-refractivity contribution is 0.0792. The van der Waals surface area contributed by atoms with Gasteiger partial charge in [0.1, 0.15) is 16.9 Å². The Morgan fingerprint density at radius 2 is 0.579 bits per heavy atom. The third kappa shape index (κ3) is 13.2. The maximum atomic E-state index is 13.6. The molecule has 1 N–H and O–H groups in total. The molecule has 0 aromatic heterocycles. The lowest BCUT2D eigenvalue weighted by Gasteiger charge is -2.20. The average molecular weight is 1250 g/mol. The van der Waals surface area contributed by atoms with Gasteiger partial charge in [0.25, 0.3) is 0 Å². The zero-order valence-electron chi connectivity index (χ0n) is 50.7. The number of carbonyl (C=O) groups is 2. The molecule has 0 aliphatic heterocycles. The summed E-state index contributed by atoms with van der Waals surface area (Å²) in [5.74, 6) is 0.791. The Kier molecular flexibility index (Phi) is 19.3. The molecule has 0 aliphatic carbocycles. The van der Waals surface area contributed by atoms with E-state index in [1.165, 1.54) is 98.0 Å². The second kappa shape index (κ2) is 28.9. The van der Waals surface area contributed by atoms with Crippen LogP contribution in [0.15, 0.2) is 352 Å². The number of hydrogen-bond donors (Lipinski definition) is 1. The number of phenolic OH excluding ortho intramolecular Hbond substituents is 1. The maximum absolute atomic E-state index is 13.6. The number of phenols is 1. The molecule has 0 amide bonds. The van der Waals surface area contributed by atoms with Gasteiger partial charge in [0.2, 0.25) is 5.78 Å². The summed E-state index contributed by atoms with van der Waals surface area (Å²) in [7, 11) is 0. The number of ketones is 2. The van der Waals surface area contributed by atoms with Gasteiger partial charge in [0.05, 0.1) is 0 Å². The Bertz CT molecular complexity index is 5240. The highest BCUT2D eigenvalue weighted by molar-refractivity contribution is 6.34. The predicted octanol–water partition coefficient (Wildman–Crippen LogP) is 25.0. The topological polar surface area (TPSA) is 63.6 Å². The van der Waals surface area contributed by atoms with Crippen molar-refractivity contribution in [2.45, 2.75) is 26.3 Å². The number of halogens is 1. The van der Waals surface area contributed by atoms with Crippen molar-refractivity contribution in [1.29, 1.82) is 0 Å². The summed E-state index contributed by atoms with van der Waals surface area (Å²) in [4.78, 5) is 25.6. The van der Waals surface area contributed by atoms with Crippen molar-refractivity contribution in [2.75, 3.05) is 0 Å². The minimum Gasteiger partial charge on any atom is -0.508 e. The van der Waals surface area contributed by atoms with Gasteiger partial charge in [0.15, 0.2) is 11.9 Å². The summed E-state index contributed by atoms with van der Waals surface area (Å²) >= 11 is 6.14. The van der Waals surface area contributed by atoms with Crippen molar-refractivity contribution >= 4 is 87.8 Å². The molecule has 0 saturated heterocycles. The Hall–Kier alpha value is -11.7. The van der Waals surface area contributed by atoms with E-state index >= 15 is 0 Å². The molecule has 0 radical (unpaired) electrons. The Morgan fingerprint density at radius 3 is 0.958 bits per heavy atom. The van der Waals surface area contributed by atoms with Gasteiger partial charge >= 0.3 is 0 Å². The molecule has 0 heterocycles. The summed E-state index contributed by atoms with van der Waals surface area (Å²) in [6.45, 7) is 0. The van der Waals surface area contributed by atoms with Crippen LogP contribution >= 0.6 is 11.6 Å². The molecule has 16 aromatic carbocycles. The molecule has 462 valence electrons. The summed E-state index contributed by atoms with van der Waals surface area (Å²) in [6, 6.07) is 118. The van der Waals surface area contributed by atoms with E-state index in [9.17, 15) is 14.7 Å². The first kappa shape index (κ1) is 63.5. The second-order valence-electron chi connectivity index (χ2n) is 23.0. The van der Waals surface area contributed by atoms with E-state index in [1.807, 2.05) is 133 Å². The van der Waals surface area contributed by atoms with E-state index in [0.717, 1.165) is 22.3 Å². The number of Topliss-reactive ketones (excluding diaryl/α,β-unsaturated/α-hetero) is 2. The highest BCUT2D eigenvalue weighted by atomic mass is 35.5. The van der Waals surface area contributed by atoms with Crippen molar-refractivity contribution in [2.24, 2.45) is 0 Å². The van der Waals surface area contributed by atoms with Crippen LogP contribution in [-0.2, 0) is 0 Å². The summed E-state index contributed by atoms with van der Waals surface area (Å²) in [6.07, 6.45) is -0.752. The van der Waals surface area contributed by atoms with Gasteiger partial charge in [-0.3, -0.25) is 9.59 Å². The monoisotopic (exact) mass is 1250 g/mol. The largest absolute Gasteiger partial charge is 0.508 e. The predicted molar refractivity (Wildman–Crippen MR) is 403 cm³/mol. The normalized spacial score (nSPS) is 11.5. The summed E-state index contributed by atoms with van der Waals surface area (Å²) < 4.78 is 6.45. The Labute approximate surface area is 561 Å². The third-order valence-corrected chi connectivity index (χ3v) is 17.7. The van der Waals surface area contributed by atoms with E-state index in [1.54, 1.807) is 24.3 Å². The molecular formula is C90H71ClO4. The third-order valence-electron chi connectivity index (χ3n) is 17.3. The van der Waals surface area contributed by atoms with Crippen LogP contribution in [0.1, 0.15) is 59.6 Å². The van der Waals surface area contributed by atoms with Gasteiger partial charge in [-0.1, -0.05) is 330 Å². The molecular weight excluding hydrogens is 1180 g/mol. The van der Waals surface area contributed by atoms with Gasteiger partial charge in [-0.15, -0.1) is 11.6 Å². The van der Waals surface area contributed by atoms with Crippen LogP contribution in [-0.4, -0.2) is 16.7 Å². The minimum atomic E-state index is -0.752. The van der Waals surface area contributed by atoms with Crippen LogP contribution in [0.5, 0.6) is 11.5 Å². The number of aromatic hydroxyl groups is 1. The second-order valence-corrected chi connectivity index (χ2v) is 23.5. The fourth-order valence-corrected chi connectivity index (χ4v) is 13.1. The first-order valence-electron chi connectivity index (χ1n) is 31.2. The molecule has 0 spiro atoms. The molecule has 95 heavy (non-hydrogen) atoms. The molecule has 2 atom stereocenters. The van der Waals surface area contributed by atoms with E-state index in [-0.39, 0.29) is 33.6 Å². The zero-order valence-corrected chi connectivity index (χ0v) is 51.4. The molecule has 2 unspecified atom stereocenters. The first-order chi connectivity index (χ1) is 45.8. The zero-order chi connectivity index (χ0) is 63.0. The van der Waals surface area contributed by atoms with E-state index in [2.05, 4.69) is 194 Å². The Morgan fingerprint density at radius 1 is 0.295 bits per heavy atom. The highest BCUT2D eigenvalue weighted by Crippen LogP contribution is 2.46. The maximum Gasteiger partial charge on any atom is 0.207 e. The van der Waals surface area contributed by atoms with Crippen molar-refractivity contribution in [3.63, 3.8) is 0 Å². The van der Waals surface area contributed by atoms with Crippen molar-refractivity contribution in [1.82, 2.24) is 0 Å². The number of alkyl halides is 1. The fourth-order valence-electron chi connectivity index (χ4n) is 12.8. The highest BCUT2D eigenvalue weighted by Gasteiger charge is 2.25. The first-order valence-corrected chi connectivity index (χ1v) is 31.6. The van der Waals surface area contributed by atoms with E-state index < -0.39 is 11.5 Å². The number of hydrogen-bond acceptors (Lipinski definition) is 4. The lowest BCUT2D eigenvalue weighted by Crippen LogP contribution is -2.19. The molecule has 0 aliphatic rings. The fraction of sp³-hybridized carbons (Fsp3) is 0.0444. The van der Waals surface area contributed by atoms with Crippen LogP contribution in [0.3, 0.4) is 0 Å². The van der Waals surface area contributed by atoms with E-state index in [4.69, 9.17) is 16.3 Å². The van der Waals surface area contributed by atoms with Crippen LogP contribution in [0.4, 0.5) is 0 Å². The number of carbonyl (C=O) groups excluding carboxylic acids is 2. The van der Waals surface area contributed by atoms with Gasteiger partial charge < -0.3 is 9.84 Å². The minimum absolute atomic E-state index is 0.